The van der Waals surface area contributed by atoms with Gasteiger partial charge in [0.2, 0.25) is 0 Å². The summed E-state index contributed by atoms with van der Waals surface area (Å²) in [6, 6.07) is 17.7. The van der Waals surface area contributed by atoms with Crippen LogP contribution in [0, 0.1) is 23.2 Å². The Bertz CT molecular complexity index is 974. The maximum absolute atomic E-state index is 12.9. The van der Waals surface area contributed by atoms with Gasteiger partial charge in [0.1, 0.15) is 12.2 Å². The standard InChI is InChI=1S/C26H28O4/c1-26(2,3)25(28)30-23-20-14-19(18-13-16-11-7-8-12-17(16)21(18)20)22(23)29-24(27)15-9-5-4-6-10-15/h4-12,18-23H,13-14H2,1-3H3. The Morgan fingerprint density at radius 3 is 2.23 bits per heavy atom. The molecule has 4 heteroatoms. The van der Waals surface area contributed by atoms with E-state index < -0.39 is 5.41 Å². The predicted molar refractivity (Wildman–Crippen MR) is 113 cm³/mol. The van der Waals surface area contributed by atoms with Crippen molar-refractivity contribution in [3.05, 3.63) is 71.3 Å². The van der Waals surface area contributed by atoms with Crippen molar-refractivity contribution in [2.75, 3.05) is 0 Å². The lowest BCUT2D eigenvalue weighted by Gasteiger charge is -2.38. The lowest BCUT2D eigenvalue weighted by Crippen LogP contribution is -2.46. The van der Waals surface area contributed by atoms with Gasteiger partial charge >= 0.3 is 11.9 Å². The molecule has 6 atom stereocenters. The quantitative estimate of drug-likeness (QED) is 0.691. The van der Waals surface area contributed by atoms with Crippen LogP contribution in [0.4, 0.5) is 0 Å². The van der Waals surface area contributed by atoms with E-state index in [2.05, 4.69) is 24.3 Å². The van der Waals surface area contributed by atoms with E-state index in [1.807, 2.05) is 39.0 Å². The normalized spacial score (nSPS) is 31.2. The van der Waals surface area contributed by atoms with E-state index >= 15 is 0 Å². The number of hydrogen-bond acceptors (Lipinski definition) is 4. The average molecular weight is 405 g/mol. The van der Waals surface area contributed by atoms with Gasteiger partial charge < -0.3 is 9.47 Å². The molecule has 0 spiro atoms. The van der Waals surface area contributed by atoms with Gasteiger partial charge in [-0.15, -0.1) is 0 Å². The third-order valence-corrected chi connectivity index (χ3v) is 7.16. The lowest BCUT2D eigenvalue weighted by atomic mass is 9.76. The van der Waals surface area contributed by atoms with Gasteiger partial charge in [0.05, 0.1) is 11.0 Å². The van der Waals surface area contributed by atoms with Crippen LogP contribution in [0.2, 0.25) is 0 Å². The molecule has 0 amide bonds. The van der Waals surface area contributed by atoms with Crippen LogP contribution in [-0.2, 0) is 20.7 Å². The molecule has 2 bridgehead atoms. The minimum atomic E-state index is -0.594. The van der Waals surface area contributed by atoms with Crippen molar-refractivity contribution in [2.24, 2.45) is 23.2 Å². The Hall–Kier alpha value is -2.62. The van der Waals surface area contributed by atoms with Gasteiger partial charge in [-0.05, 0) is 68.7 Å². The summed E-state index contributed by atoms with van der Waals surface area (Å²) >= 11 is 0. The monoisotopic (exact) mass is 404 g/mol. The third kappa shape index (κ3) is 3.05. The molecule has 6 unspecified atom stereocenters. The molecule has 156 valence electrons. The SMILES string of the molecule is CC(C)(C)C(=O)OC1C2CC(C3Cc4ccccc4C32)C1OC(=O)c1ccccc1. The van der Waals surface area contributed by atoms with Crippen LogP contribution < -0.4 is 0 Å². The fourth-order valence-electron chi connectivity index (χ4n) is 5.84. The second-order valence-electron chi connectivity index (χ2n) is 10.0. The van der Waals surface area contributed by atoms with Gasteiger partial charge in [0.25, 0.3) is 0 Å². The molecule has 0 N–H and O–H groups in total. The fraction of sp³-hybridized carbons (Fsp3) is 0.462. The number of ether oxygens (including phenoxy) is 2. The number of carbonyl (C=O) groups excluding carboxylic acids is 2. The predicted octanol–water partition coefficient (Wildman–Crippen LogP) is 4.78. The summed E-state index contributed by atoms with van der Waals surface area (Å²) in [7, 11) is 0. The molecule has 0 aliphatic heterocycles. The molecule has 0 saturated heterocycles. The Morgan fingerprint density at radius 1 is 0.833 bits per heavy atom. The molecule has 30 heavy (non-hydrogen) atoms. The van der Waals surface area contributed by atoms with Crippen molar-refractivity contribution >= 4 is 11.9 Å². The van der Waals surface area contributed by atoms with Crippen molar-refractivity contribution in [1.29, 1.82) is 0 Å². The van der Waals surface area contributed by atoms with Crippen molar-refractivity contribution in [2.45, 2.75) is 51.7 Å². The first kappa shape index (κ1) is 19.3. The molecule has 2 saturated carbocycles. The molecule has 2 fully saturated rings. The molecule has 3 aliphatic carbocycles. The first-order chi connectivity index (χ1) is 14.3. The molecule has 2 aromatic rings. The molecule has 2 aromatic carbocycles. The Morgan fingerprint density at radius 2 is 1.50 bits per heavy atom. The molecular weight excluding hydrogens is 376 g/mol. The molecule has 4 nitrogen and oxygen atoms in total. The van der Waals surface area contributed by atoms with E-state index in [-0.39, 0.29) is 36.0 Å². The zero-order chi connectivity index (χ0) is 21.0. The van der Waals surface area contributed by atoms with Crippen molar-refractivity contribution in [3.63, 3.8) is 0 Å². The van der Waals surface area contributed by atoms with Crippen LogP contribution in [0.3, 0.4) is 0 Å². The highest BCUT2D eigenvalue weighted by Crippen LogP contribution is 2.62. The fourth-order valence-corrected chi connectivity index (χ4v) is 5.84. The van der Waals surface area contributed by atoms with E-state index in [1.165, 1.54) is 11.1 Å². The number of fused-ring (bicyclic) bond motifs is 7. The summed E-state index contributed by atoms with van der Waals surface area (Å²) in [4.78, 5) is 25.6. The van der Waals surface area contributed by atoms with Crippen molar-refractivity contribution in [3.8, 4) is 0 Å². The topological polar surface area (TPSA) is 52.6 Å². The summed E-state index contributed by atoms with van der Waals surface area (Å²) < 4.78 is 12.1. The minimum Gasteiger partial charge on any atom is -0.458 e. The maximum atomic E-state index is 12.9. The third-order valence-electron chi connectivity index (χ3n) is 7.16. The zero-order valence-corrected chi connectivity index (χ0v) is 17.7. The number of esters is 2. The van der Waals surface area contributed by atoms with Gasteiger partial charge in [-0.25, -0.2) is 4.79 Å². The smallest absolute Gasteiger partial charge is 0.338 e. The van der Waals surface area contributed by atoms with Crippen LogP contribution in [-0.4, -0.2) is 24.1 Å². The molecule has 0 aromatic heterocycles. The number of carbonyl (C=O) groups is 2. The molecule has 0 radical (unpaired) electrons. The Balaban J connectivity index is 1.45. The molecule has 5 rings (SSSR count). The van der Waals surface area contributed by atoms with Crippen molar-refractivity contribution < 1.29 is 19.1 Å². The second-order valence-corrected chi connectivity index (χ2v) is 10.0. The molecule has 3 aliphatic rings. The first-order valence-corrected chi connectivity index (χ1v) is 10.9. The van der Waals surface area contributed by atoms with E-state index in [9.17, 15) is 9.59 Å². The van der Waals surface area contributed by atoms with Gasteiger partial charge in [0.15, 0.2) is 0 Å². The highest BCUT2D eigenvalue weighted by molar-refractivity contribution is 5.89. The largest absolute Gasteiger partial charge is 0.458 e. The van der Waals surface area contributed by atoms with E-state index in [0.29, 0.717) is 17.4 Å². The van der Waals surface area contributed by atoms with E-state index in [4.69, 9.17) is 9.47 Å². The van der Waals surface area contributed by atoms with Gasteiger partial charge in [0, 0.05) is 11.8 Å². The van der Waals surface area contributed by atoms with Crippen LogP contribution >= 0.6 is 0 Å². The van der Waals surface area contributed by atoms with Crippen LogP contribution in [0.1, 0.15) is 54.6 Å². The number of hydrogen-bond donors (Lipinski definition) is 0. The lowest BCUT2D eigenvalue weighted by molar-refractivity contribution is -0.170. The summed E-state index contributed by atoms with van der Waals surface area (Å²) in [5.74, 6) is 0.684. The molecule has 0 heterocycles. The zero-order valence-electron chi connectivity index (χ0n) is 17.7. The van der Waals surface area contributed by atoms with Gasteiger partial charge in [-0.1, -0.05) is 42.5 Å². The second kappa shape index (κ2) is 6.97. The maximum Gasteiger partial charge on any atom is 0.338 e. The number of rotatable bonds is 3. The van der Waals surface area contributed by atoms with Gasteiger partial charge in [-0.3, -0.25) is 4.79 Å². The first-order valence-electron chi connectivity index (χ1n) is 10.9. The average Bonchev–Trinajstić information content (AvgIpc) is 3.37. The summed E-state index contributed by atoms with van der Waals surface area (Å²) in [6.45, 7) is 5.59. The number of benzene rings is 2. The van der Waals surface area contributed by atoms with Crippen molar-refractivity contribution in [1.82, 2.24) is 0 Å². The van der Waals surface area contributed by atoms with E-state index in [1.54, 1.807) is 12.1 Å². The summed E-state index contributed by atoms with van der Waals surface area (Å²) in [5, 5.41) is 0. The van der Waals surface area contributed by atoms with Crippen LogP contribution in [0.5, 0.6) is 0 Å². The van der Waals surface area contributed by atoms with Crippen LogP contribution in [0.25, 0.3) is 0 Å². The summed E-state index contributed by atoms with van der Waals surface area (Å²) in [5.41, 5.74) is 2.72. The highest BCUT2D eigenvalue weighted by atomic mass is 16.6. The minimum absolute atomic E-state index is 0.198. The Labute approximate surface area is 177 Å². The highest BCUT2D eigenvalue weighted by Gasteiger charge is 2.63. The summed E-state index contributed by atoms with van der Waals surface area (Å²) in [6.07, 6.45) is 1.19. The van der Waals surface area contributed by atoms with Crippen LogP contribution in [0.15, 0.2) is 54.6 Å². The Kier molecular flexibility index (Phi) is 4.49. The van der Waals surface area contributed by atoms with E-state index in [0.717, 1.165) is 12.8 Å². The van der Waals surface area contributed by atoms with Gasteiger partial charge in [-0.2, -0.15) is 0 Å². The molecular formula is C26H28O4.